The Balaban J connectivity index is 1.92. The molecule has 2 heterocycles. The van der Waals surface area contributed by atoms with E-state index in [1.165, 1.54) is 0 Å². The third-order valence-electron chi connectivity index (χ3n) is 5.09. The van der Waals surface area contributed by atoms with Crippen molar-refractivity contribution in [2.45, 2.75) is 13.8 Å². The summed E-state index contributed by atoms with van der Waals surface area (Å²) in [6, 6.07) is 13.3. The van der Waals surface area contributed by atoms with Gasteiger partial charge >= 0.3 is 0 Å². The highest BCUT2D eigenvalue weighted by atomic mass is 35.5. The van der Waals surface area contributed by atoms with Gasteiger partial charge in [0.1, 0.15) is 5.82 Å². The summed E-state index contributed by atoms with van der Waals surface area (Å²) in [5.74, 6) is 0.778. The van der Waals surface area contributed by atoms with Gasteiger partial charge < -0.3 is 10.2 Å². The van der Waals surface area contributed by atoms with E-state index in [1.54, 1.807) is 17.4 Å². The number of benzene rings is 2. The van der Waals surface area contributed by atoms with Gasteiger partial charge in [-0.05, 0) is 37.4 Å². The van der Waals surface area contributed by atoms with Crippen LogP contribution in [0.2, 0.25) is 5.02 Å². The van der Waals surface area contributed by atoms with E-state index < -0.39 is 0 Å². The number of fused-ring (bicyclic) bond motifs is 4. The van der Waals surface area contributed by atoms with E-state index in [2.05, 4.69) is 24.1 Å². The Morgan fingerprint density at radius 1 is 1.11 bits per heavy atom. The van der Waals surface area contributed by atoms with Crippen LogP contribution in [0.15, 0.2) is 47.3 Å². The van der Waals surface area contributed by atoms with Gasteiger partial charge in [0.05, 0.1) is 15.6 Å². The second kappa shape index (κ2) is 8.03. The van der Waals surface area contributed by atoms with Gasteiger partial charge in [-0.3, -0.25) is 4.79 Å². The highest BCUT2D eigenvalue weighted by molar-refractivity contribution is 7.25. The van der Waals surface area contributed by atoms with E-state index in [0.717, 1.165) is 57.7 Å². The quantitative estimate of drug-likeness (QED) is 0.342. The Kier molecular flexibility index (Phi) is 5.49. The van der Waals surface area contributed by atoms with E-state index in [1.807, 2.05) is 36.4 Å². The van der Waals surface area contributed by atoms with Crippen molar-refractivity contribution in [2.24, 2.45) is 0 Å². The molecule has 0 fully saturated rings. The summed E-state index contributed by atoms with van der Waals surface area (Å²) >= 11 is 7.74. The molecule has 0 unspecified atom stereocenters. The van der Waals surface area contributed by atoms with Crippen molar-refractivity contribution in [3.05, 3.63) is 57.7 Å². The number of nitrogens with zero attached hydrogens (tertiary/aromatic N) is 2. The molecule has 0 saturated carbocycles. The maximum Gasteiger partial charge on any atom is 0.196 e. The minimum atomic E-state index is 0.0108. The molecule has 6 heteroatoms. The summed E-state index contributed by atoms with van der Waals surface area (Å²) in [6.07, 6.45) is 0. The van der Waals surface area contributed by atoms with Crippen LogP contribution in [0.4, 0.5) is 5.82 Å². The number of likely N-dealkylation sites (N-methyl/N-ethyl adjacent to an activating group) is 1. The molecule has 0 saturated heterocycles. The fourth-order valence-electron chi connectivity index (χ4n) is 3.52. The first-order valence-corrected chi connectivity index (χ1v) is 10.7. The molecule has 144 valence electrons. The highest BCUT2D eigenvalue weighted by Gasteiger charge is 2.15. The molecule has 0 aliphatic carbocycles. The van der Waals surface area contributed by atoms with E-state index in [4.69, 9.17) is 16.6 Å². The minimum Gasteiger partial charge on any atom is -0.368 e. The average Bonchev–Trinajstić information content (AvgIpc) is 2.71. The molecule has 4 nitrogen and oxygen atoms in total. The van der Waals surface area contributed by atoms with Crippen LogP contribution in [0.5, 0.6) is 0 Å². The molecule has 0 spiro atoms. The van der Waals surface area contributed by atoms with Crippen molar-refractivity contribution in [3.8, 4) is 0 Å². The van der Waals surface area contributed by atoms with E-state index in [-0.39, 0.29) is 5.43 Å². The third-order valence-corrected chi connectivity index (χ3v) is 6.50. The van der Waals surface area contributed by atoms with Crippen molar-refractivity contribution < 1.29 is 0 Å². The zero-order chi connectivity index (χ0) is 19.7. The number of pyridine rings is 1. The molecule has 0 bridgehead atoms. The second-order valence-electron chi connectivity index (χ2n) is 6.71. The zero-order valence-corrected chi connectivity index (χ0v) is 17.5. The Morgan fingerprint density at radius 2 is 1.89 bits per heavy atom. The van der Waals surface area contributed by atoms with Gasteiger partial charge in [0.15, 0.2) is 5.43 Å². The summed E-state index contributed by atoms with van der Waals surface area (Å²) in [5.41, 5.74) is 0.836. The van der Waals surface area contributed by atoms with E-state index in [9.17, 15) is 4.79 Å². The van der Waals surface area contributed by atoms with E-state index in [0.29, 0.717) is 10.4 Å². The topological polar surface area (TPSA) is 45.2 Å². The second-order valence-corrected chi connectivity index (χ2v) is 8.20. The first-order valence-electron chi connectivity index (χ1n) is 9.53. The van der Waals surface area contributed by atoms with Crippen molar-refractivity contribution in [2.75, 3.05) is 31.5 Å². The highest BCUT2D eigenvalue weighted by Crippen LogP contribution is 2.34. The average molecular weight is 412 g/mol. The summed E-state index contributed by atoms with van der Waals surface area (Å²) in [7, 11) is 0. The Hall–Kier alpha value is -2.21. The number of halogens is 1. The van der Waals surface area contributed by atoms with Gasteiger partial charge in [0.25, 0.3) is 0 Å². The van der Waals surface area contributed by atoms with Crippen LogP contribution < -0.4 is 10.7 Å². The maximum atomic E-state index is 13.4. The van der Waals surface area contributed by atoms with Gasteiger partial charge in [0.2, 0.25) is 0 Å². The lowest BCUT2D eigenvalue weighted by atomic mass is 10.1. The van der Waals surface area contributed by atoms with Gasteiger partial charge in [0, 0.05) is 33.6 Å². The zero-order valence-electron chi connectivity index (χ0n) is 16.0. The predicted molar refractivity (Wildman–Crippen MR) is 122 cm³/mol. The Bertz CT molecular complexity index is 1220. The van der Waals surface area contributed by atoms with Crippen LogP contribution in [0.25, 0.3) is 31.1 Å². The molecule has 0 atom stereocenters. The molecule has 4 aromatic rings. The fourth-order valence-corrected chi connectivity index (χ4v) is 4.83. The van der Waals surface area contributed by atoms with Crippen LogP contribution in [0, 0.1) is 0 Å². The number of anilines is 1. The lowest BCUT2D eigenvalue weighted by Crippen LogP contribution is -2.28. The number of rotatable bonds is 6. The minimum absolute atomic E-state index is 0.0108. The van der Waals surface area contributed by atoms with Crippen molar-refractivity contribution >= 4 is 59.8 Å². The third kappa shape index (κ3) is 3.46. The van der Waals surface area contributed by atoms with Crippen LogP contribution in [0.1, 0.15) is 13.8 Å². The number of hydrogen-bond donors (Lipinski definition) is 1. The monoisotopic (exact) mass is 411 g/mol. The fraction of sp³-hybridized carbons (Fsp3) is 0.273. The molecular formula is C22H22ClN3OS. The van der Waals surface area contributed by atoms with Gasteiger partial charge in [-0.25, -0.2) is 4.98 Å². The summed E-state index contributed by atoms with van der Waals surface area (Å²) in [6.45, 7) is 8.07. The predicted octanol–water partition coefficient (Wildman–Crippen LogP) is 5.37. The molecule has 0 amide bonds. The Morgan fingerprint density at radius 3 is 2.68 bits per heavy atom. The van der Waals surface area contributed by atoms with Gasteiger partial charge in [-0.1, -0.05) is 43.6 Å². The first kappa shape index (κ1) is 19.1. The largest absolute Gasteiger partial charge is 0.368 e. The molecular weight excluding hydrogens is 390 g/mol. The van der Waals surface area contributed by atoms with Gasteiger partial charge in [-0.2, -0.15) is 0 Å². The molecule has 2 aromatic carbocycles. The SMILES string of the molecule is CCN(CC)CCNc1nc2ccccc2c2c(=O)c3cc(Cl)ccc3sc12. The molecule has 0 aliphatic heterocycles. The molecule has 28 heavy (non-hydrogen) atoms. The Labute approximate surface area is 172 Å². The van der Waals surface area contributed by atoms with Gasteiger partial charge in [-0.15, -0.1) is 11.3 Å². The smallest absolute Gasteiger partial charge is 0.196 e. The van der Waals surface area contributed by atoms with Crippen LogP contribution in [0.3, 0.4) is 0 Å². The first-order chi connectivity index (χ1) is 13.6. The normalized spacial score (nSPS) is 11.7. The molecule has 1 N–H and O–H groups in total. The van der Waals surface area contributed by atoms with Crippen LogP contribution in [-0.4, -0.2) is 36.1 Å². The molecule has 0 aliphatic rings. The van der Waals surface area contributed by atoms with Crippen molar-refractivity contribution in [3.63, 3.8) is 0 Å². The lowest BCUT2D eigenvalue weighted by molar-refractivity contribution is 0.316. The summed E-state index contributed by atoms with van der Waals surface area (Å²) in [4.78, 5) is 20.6. The number of nitrogens with one attached hydrogen (secondary N) is 1. The maximum absolute atomic E-state index is 13.4. The lowest BCUT2D eigenvalue weighted by Gasteiger charge is -2.19. The van der Waals surface area contributed by atoms with Crippen LogP contribution in [-0.2, 0) is 0 Å². The summed E-state index contributed by atoms with van der Waals surface area (Å²) < 4.78 is 1.82. The standard InChI is InChI=1S/C22H22ClN3OS/c1-3-26(4-2)12-11-24-22-21-19(15-7-5-6-8-17(15)25-22)20(27)16-13-14(23)9-10-18(16)28-21/h5-10,13H,3-4,11-12H2,1-2H3,(H,24,25). The molecule has 4 rings (SSSR count). The van der Waals surface area contributed by atoms with Crippen molar-refractivity contribution in [1.82, 2.24) is 9.88 Å². The number of para-hydroxylation sites is 1. The number of aromatic nitrogens is 1. The van der Waals surface area contributed by atoms with Crippen LogP contribution >= 0.6 is 22.9 Å². The molecule has 0 radical (unpaired) electrons. The number of hydrogen-bond acceptors (Lipinski definition) is 5. The van der Waals surface area contributed by atoms with Crippen molar-refractivity contribution in [1.29, 1.82) is 0 Å². The van der Waals surface area contributed by atoms with E-state index >= 15 is 0 Å². The molecule has 2 aromatic heterocycles. The summed E-state index contributed by atoms with van der Waals surface area (Å²) in [5, 5.41) is 6.32.